The fourth-order valence-electron chi connectivity index (χ4n) is 1.30. The molecule has 106 valence electrons. The molecule has 0 spiro atoms. The first-order valence-corrected chi connectivity index (χ1v) is 6.19. The van der Waals surface area contributed by atoms with Crippen LogP contribution < -0.4 is 10.6 Å². The molecule has 6 nitrogen and oxygen atoms in total. The van der Waals surface area contributed by atoms with Gasteiger partial charge < -0.3 is 20.3 Å². The molecule has 2 N–H and O–H groups in total. The highest BCUT2D eigenvalue weighted by molar-refractivity contribution is 5.81. The van der Waals surface area contributed by atoms with Crippen molar-refractivity contribution in [2.24, 2.45) is 0 Å². The number of nitrogens with zero attached hydrogens (tertiary/aromatic N) is 1. The topological polar surface area (TPSA) is 70.7 Å². The largest absolute Gasteiger partial charge is 0.383 e. The van der Waals surface area contributed by atoms with Gasteiger partial charge in [0, 0.05) is 34.2 Å². The summed E-state index contributed by atoms with van der Waals surface area (Å²) in [6.45, 7) is 3.48. The van der Waals surface area contributed by atoms with Gasteiger partial charge in [-0.1, -0.05) is 0 Å². The lowest BCUT2D eigenvalue weighted by molar-refractivity contribution is -0.128. The molecule has 18 heavy (non-hydrogen) atoms. The summed E-state index contributed by atoms with van der Waals surface area (Å²) in [5, 5.41) is 5.83. The Morgan fingerprint density at radius 2 is 1.94 bits per heavy atom. The van der Waals surface area contributed by atoms with Crippen molar-refractivity contribution in [2.45, 2.75) is 25.8 Å². The van der Waals surface area contributed by atoms with E-state index in [9.17, 15) is 9.59 Å². The summed E-state index contributed by atoms with van der Waals surface area (Å²) >= 11 is 0. The standard InChI is InChI=1S/C12H25N3O3/c1-10(12(17)14-8-9-18-4)13-7-5-6-11(16)15(2)3/h10,13H,5-9H2,1-4H3,(H,14,17). The summed E-state index contributed by atoms with van der Waals surface area (Å²) in [5.74, 6) is 0.0555. The molecule has 0 fully saturated rings. The molecule has 0 aromatic heterocycles. The number of rotatable bonds is 9. The van der Waals surface area contributed by atoms with Gasteiger partial charge in [-0.3, -0.25) is 9.59 Å². The van der Waals surface area contributed by atoms with E-state index in [0.29, 0.717) is 26.1 Å². The maximum Gasteiger partial charge on any atom is 0.236 e. The second-order valence-corrected chi connectivity index (χ2v) is 4.35. The SMILES string of the molecule is COCCNC(=O)C(C)NCCCC(=O)N(C)C. The lowest BCUT2D eigenvalue weighted by atomic mass is 10.2. The molecule has 0 radical (unpaired) electrons. The molecule has 0 rings (SSSR count). The van der Waals surface area contributed by atoms with Crippen molar-refractivity contribution in [3.05, 3.63) is 0 Å². The van der Waals surface area contributed by atoms with E-state index in [1.165, 1.54) is 0 Å². The molecule has 0 aromatic carbocycles. The molecule has 0 saturated heterocycles. The predicted octanol–water partition coefficient (Wildman–Crippen LogP) is -0.404. The molecule has 0 heterocycles. The van der Waals surface area contributed by atoms with Crippen molar-refractivity contribution < 1.29 is 14.3 Å². The van der Waals surface area contributed by atoms with Gasteiger partial charge >= 0.3 is 0 Å². The first-order valence-electron chi connectivity index (χ1n) is 6.19. The number of amides is 2. The second-order valence-electron chi connectivity index (χ2n) is 4.35. The number of carbonyl (C=O) groups is 2. The molecule has 6 heteroatoms. The maximum atomic E-state index is 11.5. The first-order chi connectivity index (χ1) is 8.49. The average molecular weight is 259 g/mol. The van der Waals surface area contributed by atoms with Crippen molar-refractivity contribution in [1.29, 1.82) is 0 Å². The molecule has 0 aliphatic heterocycles. The molecule has 0 aromatic rings. The van der Waals surface area contributed by atoms with Crippen molar-refractivity contribution >= 4 is 11.8 Å². The summed E-state index contributed by atoms with van der Waals surface area (Å²) in [7, 11) is 5.07. The van der Waals surface area contributed by atoms with Crippen LogP contribution >= 0.6 is 0 Å². The van der Waals surface area contributed by atoms with E-state index in [1.807, 2.05) is 0 Å². The maximum absolute atomic E-state index is 11.5. The van der Waals surface area contributed by atoms with Gasteiger partial charge in [0.25, 0.3) is 0 Å². The van der Waals surface area contributed by atoms with Crippen LogP contribution in [-0.2, 0) is 14.3 Å². The van der Waals surface area contributed by atoms with Crippen LogP contribution in [0.5, 0.6) is 0 Å². The number of ether oxygens (including phenoxy) is 1. The summed E-state index contributed by atoms with van der Waals surface area (Å²) in [4.78, 5) is 24.4. The minimum absolute atomic E-state index is 0.0500. The van der Waals surface area contributed by atoms with Gasteiger partial charge in [-0.25, -0.2) is 0 Å². The normalized spacial score (nSPS) is 12.0. The molecule has 0 saturated carbocycles. The molecule has 0 aliphatic carbocycles. The molecule has 0 aliphatic rings. The van der Waals surface area contributed by atoms with Crippen LogP contribution in [0.25, 0.3) is 0 Å². The van der Waals surface area contributed by atoms with Gasteiger partial charge in [-0.2, -0.15) is 0 Å². The van der Waals surface area contributed by atoms with Crippen LogP contribution in [0.1, 0.15) is 19.8 Å². The third-order valence-electron chi connectivity index (χ3n) is 2.52. The Hall–Kier alpha value is -1.14. The number of methoxy groups -OCH3 is 1. The zero-order valence-electron chi connectivity index (χ0n) is 11.8. The van der Waals surface area contributed by atoms with E-state index < -0.39 is 0 Å². The zero-order valence-corrected chi connectivity index (χ0v) is 11.8. The monoisotopic (exact) mass is 259 g/mol. The van der Waals surface area contributed by atoms with Crippen LogP contribution in [0.2, 0.25) is 0 Å². The van der Waals surface area contributed by atoms with Gasteiger partial charge in [0.05, 0.1) is 12.6 Å². The Morgan fingerprint density at radius 3 is 2.50 bits per heavy atom. The average Bonchev–Trinajstić information content (AvgIpc) is 2.33. The quantitative estimate of drug-likeness (QED) is 0.553. The van der Waals surface area contributed by atoms with E-state index >= 15 is 0 Å². The van der Waals surface area contributed by atoms with Crippen molar-refractivity contribution in [2.75, 3.05) is 40.9 Å². The lowest BCUT2D eigenvalue weighted by Crippen LogP contribution is -2.43. The molecule has 0 bridgehead atoms. The highest BCUT2D eigenvalue weighted by Crippen LogP contribution is 1.93. The smallest absolute Gasteiger partial charge is 0.236 e. The fourth-order valence-corrected chi connectivity index (χ4v) is 1.30. The molecule has 1 atom stereocenters. The van der Waals surface area contributed by atoms with Crippen molar-refractivity contribution in [3.8, 4) is 0 Å². The van der Waals surface area contributed by atoms with Crippen LogP contribution in [0, 0.1) is 0 Å². The fraction of sp³-hybridized carbons (Fsp3) is 0.833. The lowest BCUT2D eigenvalue weighted by Gasteiger charge is -2.14. The Labute approximate surface area is 109 Å². The van der Waals surface area contributed by atoms with E-state index in [-0.39, 0.29) is 17.9 Å². The summed E-state index contributed by atoms with van der Waals surface area (Å²) < 4.78 is 4.84. The number of carbonyl (C=O) groups excluding carboxylic acids is 2. The van der Waals surface area contributed by atoms with Crippen molar-refractivity contribution in [3.63, 3.8) is 0 Å². The van der Waals surface area contributed by atoms with Crippen LogP contribution in [-0.4, -0.2) is 63.7 Å². The van der Waals surface area contributed by atoms with Crippen molar-refractivity contribution in [1.82, 2.24) is 15.5 Å². The van der Waals surface area contributed by atoms with Crippen LogP contribution in [0.3, 0.4) is 0 Å². The number of nitrogens with one attached hydrogen (secondary N) is 2. The first kappa shape index (κ1) is 16.9. The summed E-state index contributed by atoms with van der Waals surface area (Å²) in [5.41, 5.74) is 0. The van der Waals surface area contributed by atoms with E-state index in [1.54, 1.807) is 33.0 Å². The number of hydrogen-bond donors (Lipinski definition) is 2. The highest BCUT2D eigenvalue weighted by Gasteiger charge is 2.11. The van der Waals surface area contributed by atoms with Crippen LogP contribution in [0.4, 0.5) is 0 Å². The molecular weight excluding hydrogens is 234 g/mol. The minimum Gasteiger partial charge on any atom is -0.383 e. The Balaban J connectivity index is 3.60. The molecule has 2 amide bonds. The van der Waals surface area contributed by atoms with Gasteiger partial charge in [-0.05, 0) is 19.9 Å². The van der Waals surface area contributed by atoms with Gasteiger partial charge in [0.2, 0.25) is 11.8 Å². The highest BCUT2D eigenvalue weighted by atomic mass is 16.5. The van der Waals surface area contributed by atoms with E-state index in [4.69, 9.17) is 4.74 Å². The Bertz CT molecular complexity index is 257. The second kappa shape index (κ2) is 9.85. The third-order valence-corrected chi connectivity index (χ3v) is 2.52. The van der Waals surface area contributed by atoms with E-state index in [0.717, 1.165) is 6.42 Å². The Morgan fingerprint density at radius 1 is 1.28 bits per heavy atom. The molecule has 1 unspecified atom stereocenters. The number of hydrogen-bond acceptors (Lipinski definition) is 4. The van der Waals surface area contributed by atoms with Gasteiger partial charge in [-0.15, -0.1) is 0 Å². The zero-order chi connectivity index (χ0) is 14.0. The minimum atomic E-state index is -0.253. The van der Waals surface area contributed by atoms with E-state index in [2.05, 4.69) is 10.6 Å². The summed E-state index contributed by atoms with van der Waals surface area (Å²) in [6, 6.07) is -0.253. The third kappa shape index (κ3) is 8.03. The van der Waals surface area contributed by atoms with Gasteiger partial charge in [0.1, 0.15) is 0 Å². The Kier molecular flexibility index (Phi) is 9.22. The molecular formula is C12H25N3O3. The predicted molar refractivity (Wildman–Crippen MR) is 70.3 cm³/mol. The summed E-state index contributed by atoms with van der Waals surface area (Å²) in [6.07, 6.45) is 1.23. The van der Waals surface area contributed by atoms with Gasteiger partial charge in [0.15, 0.2) is 0 Å². The van der Waals surface area contributed by atoms with Crippen LogP contribution in [0.15, 0.2) is 0 Å².